The van der Waals surface area contributed by atoms with Gasteiger partial charge in [-0.3, -0.25) is 4.79 Å². The molecule has 124 valence electrons. The molecule has 5 rings (SSSR count). The van der Waals surface area contributed by atoms with Crippen molar-refractivity contribution in [2.45, 2.75) is 31.7 Å². The van der Waals surface area contributed by atoms with Crippen LogP contribution in [0.15, 0.2) is 6.20 Å². The van der Waals surface area contributed by atoms with Crippen molar-refractivity contribution in [3.05, 3.63) is 12.0 Å². The van der Waals surface area contributed by atoms with E-state index in [-0.39, 0.29) is 23.7 Å². The maximum absolute atomic E-state index is 14.1. The van der Waals surface area contributed by atoms with E-state index in [9.17, 15) is 9.18 Å². The Balaban J connectivity index is 1.63. The summed E-state index contributed by atoms with van der Waals surface area (Å²) in [6.45, 7) is 3.05. The minimum Gasteiger partial charge on any atom is -0.354 e. The van der Waals surface area contributed by atoms with Crippen LogP contribution in [-0.2, 0) is 4.79 Å². The van der Waals surface area contributed by atoms with Gasteiger partial charge in [-0.25, -0.2) is 9.37 Å². The van der Waals surface area contributed by atoms with Crippen molar-refractivity contribution < 1.29 is 9.18 Å². The van der Waals surface area contributed by atoms with Gasteiger partial charge in [0.25, 0.3) is 0 Å². The van der Waals surface area contributed by atoms with Gasteiger partial charge in [0.15, 0.2) is 11.6 Å². The second kappa shape index (κ2) is 5.62. The molecule has 1 aromatic rings. The predicted molar refractivity (Wildman–Crippen MR) is 84.9 cm³/mol. The van der Waals surface area contributed by atoms with Gasteiger partial charge in [-0.1, -0.05) is 0 Å². The first kappa shape index (κ1) is 14.7. The van der Waals surface area contributed by atoms with Crippen molar-refractivity contribution in [3.63, 3.8) is 0 Å². The Morgan fingerprint density at radius 1 is 1.17 bits per heavy atom. The van der Waals surface area contributed by atoms with Gasteiger partial charge in [0.1, 0.15) is 0 Å². The molecule has 1 amide bonds. The van der Waals surface area contributed by atoms with Gasteiger partial charge in [-0.15, -0.1) is 0 Å². The zero-order valence-corrected chi connectivity index (χ0v) is 13.4. The highest BCUT2D eigenvalue weighted by molar-refractivity contribution is 5.81. The number of anilines is 2. The number of carbonyl (C=O) groups is 1. The molecule has 4 aliphatic rings. The van der Waals surface area contributed by atoms with E-state index >= 15 is 0 Å². The summed E-state index contributed by atoms with van der Waals surface area (Å²) in [6, 6.07) is 0.199. The quantitative estimate of drug-likeness (QED) is 0.822. The fourth-order valence-corrected chi connectivity index (χ4v) is 3.97. The number of piperidine rings is 1. The van der Waals surface area contributed by atoms with E-state index in [2.05, 4.69) is 14.9 Å². The average molecular weight is 319 g/mol. The molecule has 0 N–H and O–H groups in total. The Hall–Kier alpha value is -1.92. The van der Waals surface area contributed by atoms with E-state index in [0.717, 1.165) is 45.3 Å². The lowest BCUT2D eigenvalue weighted by atomic mass is 9.95. The van der Waals surface area contributed by atoms with Gasteiger partial charge in [-0.05, 0) is 25.7 Å². The van der Waals surface area contributed by atoms with Crippen LogP contribution in [-0.4, -0.2) is 60.0 Å². The van der Waals surface area contributed by atoms with Crippen LogP contribution in [0.2, 0.25) is 0 Å². The summed E-state index contributed by atoms with van der Waals surface area (Å²) < 4.78 is 14.1. The largest absolute Gasteiger partial charge is 0.354 e. The molecule has 0 spiro atoms. The smallest absolute Gasteiger partial charge is 0.227 e. The first-order chi connectivity index (χ1) is 11.1. The molecule has 4 fully saturated rings. The molecular formula is C16H22FN5O. The number of hydrogen-bond acceptors (Lipinski definition) is 5. The van der Waals surface area contributed by atoms with Crippen molar-refractivity contribution in [3.8, 4) is 0 Å². The fourth-order valence-electron chi connectivity index (χ4n) is 3.97. The average Bonchev–Trinajstić information content (AvgIpc) is 2.95. The molecule has 4 aliphatic heterocycles. The van der Waals surface area contributed by atoms with Crippen LogP contribution >= 0.6 is 0 Å². The van der Waals surface area contributed by atoms with Crippen molar-refractivity contribution in [1.29, 1.82) is 0 Å². The summed E-state index contributed by atoms with van der Waals surface area (Å²) in [6.07, 6.45) is 5.36. The van der Waals surface area contributed by atoms with Crippen LogP contribution in [0.4, 0.5) is 16.2 Å². The van der Waals surface area contributed by atoms with E-state index in [1.165, 1.54) is 6.20 Å². The molecule has 23 heavy (non-hydrogen) atoms. The summed E-state index contributed by atoms with van der Waals surface area (Å²) in [5.74, 6) is 0.812. The molecule has 5 heterocycles. The molecule has 0 aromatic carbocycles. The van der Waals surface area contributed by atoms with Crippen LogP contribution < -0.4 is 9.80 Å². The molecule has 4 saturated heterocycles. The second-order valence-corrected chi connectivity index (χ2v) is 6.82. The zero-order valence-electron chi connectivity index (χ0n) is 13.4. The van der Waals surface area contributed by atoms with E-state index in [4.69, 9.17) is 0 Å². The second-order valence-electron chi connectivity index (χ2n) is 6.82. The van der Waals surface area contributed by atoms with Crippen LogP contribution in [0, 0.1) is 11.7 Å². The van der Waals surface area contributed by atoms with Crippen molar-refractivity contribution >= 4 is 17.7 Å². The highest BCUT2D eigenvalue weighted by atomic mass is 19.1. The number of fused-ring (bicyclic) bond motifs is 4. The minimum absolute atomic E-state index is 0.00244. The summed E-state index contributed by atoms with van der Waals surface area (Å²) in [4.78, 5) is 26.9. The molecule has 2 bridgehead atoms. The van der Waals surface area contributed by atoms with Gasteiger partial charge >= 0.3 is 0 Å². The molecule has 7 heteroatoms. The lowest BCUT2D eigenvalue weighted by Crippen LogP contribution is -2.45. The highest BCUT2D eigenvalue weighted by Gasteiger charge is 2.39. The number of likely N-dealkylation sites (N-methyl/N-ethyl adjacent to an activating group) is 1. The predicted octanol–water partition coefficient (Wildman–Crippen LogP) is 1.27. The van der Waals surface area contributed by atoms with E-state index in [1.54, 1.807) is 0 Å². The summed E-state index contributed by atoms with van der Waals surface area (Å²) in [5, 5.41) is 0. The van der Waals surface area contributed by atoms with Gasteiger partial charge < -0.3 is 14.7 Å². The van der Waals surface area contributed by atoms with Crippen LogP contribution in [0.25, 0.3) is 0 Å². The van der Waals surface area contributed by atoms with Crippen LogP contribution in [0.5, 0.6) is 0 Å². The lowest BCUT2D eigenvalue weighted by Gasteiger charge is -2.32. The Morgan fingerprint density at radius 2 is 1.96 bits per heavy atom. The number of hydrogen-bond donors (Lipinski definition) is 0. The third-order valence-electron chi connectivity index (χ3n) is 5.37. The Morgan fingerprint density at radius 3 is 2.74 bits per heavy atom. The fraction of sp³-hybridized carbons (Fsp3) is 0.688. The van der Waals surface area contributed by atoms with Crippen molar-refractivity contribution in [2.24, 2.45) is 5.92 Å². The SMILES string of the molecule is CN1C(=O)[C@H]2CC[C@@H]1CN(c1ncc(F)c(N3CCCC3)n1)C2. The molecule has 0 aliphatic carbocycles. The minimum atomic E-state index is -0.360. The topological polar surface area (TPSA) is 52.6 Å². The standard InChI is InChI=1S/C16H22FN5O/c1-20-12-5-4-11(15(20)23)9-22(10-12)16-18-8-13(17)14(19-16)21-6-2-3-7-21/h8,11-12H,2-7,9-10H2,1H3/t11-,12+/m0/s1. The Labute approximate surface area is 135 Å². The zero-order chi connectivity index (χ0) is 16.0. The monoisotopic (exact) mass is 319 g/mol. The number of aromatic nitrogens is 2. The van der Waals surface area contributed by atoms with Gasteiger partial charge in [0.05, 0.1) is 12.1 Å². The number of carbonyl (C=O) groups excluding carboxylic acids is 1. The van der Waals surface area contributed by atoms with Crippen LogP contribution in [0.1, 0.15) is 25.7 Å². The molecule has 2 atom stereocenters. The number of rotatable bonds is 2. The summed E-state index contributed by atoms with van der Waals surface area (Å²) in [5.41, 5.74) is 0. The molecule has 0 saturated carbocycles. The first-order valence-corrected chi connectivity index (χ1v) is 8.42. The number of amides is 1. The summed E-state index contributed by atoms with van der Waals surface area (Å²) >= 11 is 0. The van der Waals surface area contributed by atoms with E-state index < -0.39 is 0 Å². The van der Waals surface area contributed by atoms with Crippen molar-refractivity contribution in [1.82, 2.24) is 14.9 Å². The van der Waals surface area contributed by atoms with Gasteiger partial charge in [0, 0.05) is 39.3 Å². The highest BCUT2D eigenvalue weighted by Crippen LogP contribution is 2.30. The van der Waals surface area contributed by atoms with E-state index in [1.807, 2.05) is 16.8 Å². The normalized spacial score (nSPS) is 27.7. The van der Waals surface area contributed by atoms with E-state index in [0.29, 0.717) is 18.3 Å². The first-order valence-electron chi connectivity index (χ1n) is 8.42. The Bertz CT molecular complexity index is 618. The van der Waals surface area contributed by atoms with Gasteiger partial charge in [-0.2, -0.15) is 4.98 Å². The number of halogens is 1. The molecule has 1 aromatic heterocycles. The maximum Gasteiger partial charge on any atom is 0.227 e. The van der Waals surface area contributed by atoms with Crippen LogP contribution in [0.3, 0.4) is 0 Å². The Kier molecular flexibility index (Phi) is 3.58. The summed E-state index contributed by atoms with van der Waals surface area (Å²) in [7, 11) is 1.88. The van der Waals surface area contributed by atoms with Crippen molar-refractivity contribution in [2.75, 3.05) is 43.0 Å². The third kappa shape index (κ3) is 2.52. The molecular weight excluding hydrogens is 297 g/mol. The maximum atomic E-state index is 14.1. The molecule has 0 radical (unpaired) electrons. The van der Waals surface area contributed by atoms with Gasteiger partial charge in [0.2, 0.25) is 11.9 Å². The third-order valence-corrected chi connectivity index (χ3v) is 5.37. The number of nitrogens with zero attached hydrogens (tertiary/aromatic N) is 5. The molecule has 0 unspecified atom stereocenters. The molecule has 6 nitrogen and oxygen atoms in total. The lowest BCUT2D eigenvalue weighted by molar-refractivity contribution is -0.138.